The van der Waals surface area contributed by atoms with Gasteiger partial charge in [0.25, 0.3) is 0 Å². The van der Waals surface area contributed by atoms with Crippen LogP contribution in [0.15, 0.2) is 17.1 Å². The van der Waals surface area contributed by atoms with Crippen LogP contribution >= 0.6 is 24.0 Å². The number of halogens is 1. The van der Waals surface area contributed by atoms with Crippen molar-refractivity contribution in [1.82, 2.24) is 15.1 Å². The number of nitrogens with zero attached hydrogens (tertiary/aromatic N) is 3. The van der Waals surface area contributed by atoms with E-state index in [2.05, 4.69) is 24.2 Å². The van der Waals surface area contributed by atoms with Crippen LogP contribution in [0.2, 0.25) is 0 Å². The van der Waals surface area contributed by atoms with Gasteiger partial charge in [0.15, 0.2) is 17.5 Å². The first-order chi connectivity index (χ1) is 12.7. The fourth-order valence-corrected chi connectivity index (χ4v) is 2.41. The molecule has 1 N–H and O–H groups in total. The molecule has 0 fully saturated rings. The number of guanidine groups is 1. The largest absolute Gasteiger partial charge is 0.493 e. The Morgan fingerprint density at radius 1 is 1.14 bits per heavy atom. The summed E-state index contributed by atoms with van der Waals surface area (Å²) in [6.45, 7) is 7.83. The van der Waals surface area contributed by atoms with E-state index < -0.39 is 0 Å². The van der Waals surface area contributed by atoms with Crippen LogP contribution in [-0.2, 0) is 11.3 Å². The summed E-state index contributed by atoms with van der Waals surface area (Å²) in [5, 5.41) is 3.35. The highest BCUT2D eigenvalue weighted by Crippen LogP contribution is 2.30. The smallest absolute Gasteiger partial charge is 0.243 e. The number of likely N-dealkylation sites (N-methyl/N-ethyl adjacent to an activating group) is 1. The minimum Gasteiger partial charge on any atom is -0.493 e. The summed E-state index contributed by atoms with van der Waals surface area (Å²) in [6, 6.07) is 3.95. The van der Waals surface area contributed by atoms with Crippen LogP contribution in [0.4, 0.5) is 0 Å². The van der Waals surface area contributed by atoms with Crippen molar-refractivity contribution >= 4 is 35.8 Å². The second-order valence-corrected chi connectivity index (χ2v) is 7.19. The van der Waals surface area contributed by atoms with Gasteiger partial charge >= 0.3 is 0 Å². The van der Waals surface area contributed by atoms with Crippen molar-refractivity contribution in [2.24, 2.45) is 10.9 Å². The average Bonchev–Trinajstić information content (AvgIpc) is 2.62. The van der Waals surface area contributed by atoms with E-state index in [-0.39, 0.29) is 36.4 Å². The van der Waals surface area contributed by atoms with E-state index in [1.165, 1.54) is 0 Å². The Hall–Kier alpha value is -1.71. The number of methoxy groups -OCH3 is 2. The van der Waals surface area contributed by atoms with Crippen LogP contribution in [0.3, 0.4) is 0 Å². The Morgan fingerprint density at radius 3 is 2.21 bits per heavy atom. The molecule has 0 saturated heterocycles. The molecule has 0 aliphatic carbocycles. The molecule has 0 aliphatic rings. The number of ether oxygens (including phenoxy) is 2. The van der Waals surface area contributed by atoms with Crippen LogP contribution in [0.1, 0.15) is 25.0 Å². The number of aliphatic imine (C=N–C) groups is 1. The lowest BCUT2D eigenvalue weighted by molar-refractivity contribution is -0.127. The van der Waals surface area contributed by atoms with Crippen molar-refractivity contribution in [1.29, 1.82) is 0 Å². The highest BCUT2D eigenvalue weighted by Gasteiger charge is 2.14. The normalized spacial score (nSPS) is 11.0. The summed E-state index contributed by atoms with van der Waals surface area (Å²) in [7, 11) is 8.68. The van der Waals surface area contributed by atoms with Gasteiger partial charge in [-0.15, -0.1) is 24.0 Å². The van der Waals surface area contributed by atoms with E-state index >= 15 is 0 Å². The summed E-state index contributed by atoms with van der Waals surface area (Å²) < 4.78 is 10.8. The number of nitrogens with one attached hydrogen (secondary N) is 1. The standard InChI is InChI=1S/C20H34N4O3.HI/c1-14(2)11-21-20(22-12-19(25)23(4)5)24(6)13-16-10-18(27-8)17(26-7)9-15(16)3;/h9-10,14H,11-13H2,1-8H3,(H,21,22);1H. The molecule has 0 aliphatic heterocycles. The van der Waals surface area contributed by atoms with E-state index in [1.807, 2.05) is 31.0 Å². The molecule has 0 atom stereocenters. The van der Waals surface area contributed by atoms with Crippen molar-refractivity contribution in [3.05, 3.63) is 23.3 Å². The second kappa shape index (κ2) is 12.7. The van der Waals surface area contributed by atoms with Gasteiger partial charge in [-0.05, 0) is 36.1 Å². The molecule has 0 bridgehead atoms. The Kier molecular flexibility index (Phi) is 11.9. The maximum atomic E-state index is 11.9. The van der Waals surface area contributed by atoms with Gasteiger partial charge in [-0.3, -0.25) is 4.79 Å². The zero-order chi connectivity index (χ0) is 20.6. The molecule has 160 valence electrons. The molecule has 0 aromatic heterocycles. The third kappa shape index (κ3) is 8.12. The number of hydrogen-bond donors (Lipinski definition) is 1. The number of carbonyl (C=O) groups is 1. The number of benzene rings is 1. The summed E-state index contributed by atoms with van der Waals surface area (Å²) in [4.78, 5) is 20.0. The lowest BCUT2D eigenvalue weighted by atomic mass is 10.1. The van der Waals surface area contributed by atoms with Crippen LogP contribution in [0.5, 0.6) is 11.5 Å². The van der Waals surface area contributed by atoms with E-state index in [0.717, 1.165) is 17.7 Å². The maximum Gasteiger partial charge on any atom is 0.243 e. The Bertz CT molecular complexity index is 663. The minimum absolute atomic E-state index is 0. The predicted octanol–water partition coefficient (Wildman–Crippen LogP) is 2.75. The first-order valence-electron chi connectivity index (χ1n) is 9.10. The zero-order valence-electron chi connectivity index (χ0n) is 18.3. The third-order valence-corrected chi connectivity index (χ3v) is 4.14. The molecule has 28 heavy (non-hydrogen) atoms. The van der Waals surface area contributed by atoms with Crippen LogP contribution < -0.4 is 14.8 Å². The van der Waals surface area contributed by atoms with Gasteiger partial charge in [-0.2, -0.15) is 0 Å². The van der Waals surface area contributed by atoms with Gasteiger partial charge < -0.3 is 24.6 Å². The lowest BCUT2D eigenvalue weighted by Crippen LogP contribution is -2.41. The fraction of sp³-hybridized carbons (Fsp3) is 0.600. The van der Waals surface area contributed by atoms with Gasteiger partial charge in [0, 0.05) is 34.2 Å². The topological polar surface area (TPSA) is 66.4 Å². The molecule has 7 nitrogen and oxygen atoms in total. The predicted molar refractivity (Wildman–Crippen MR) is 125 cm³/mol. The zero-order valence-corrected chi connectivity index (χ0v) is 20.7. The van der Waals surface area contributed by atoms with Crippen molar-refractivity contribution in [2.75, 3.05) is 48.5 Å². The molecule has 1 rings (SSSR count). The number of rotatable bonds is 8. The molecule has 1 aromatic rings. The van der Waals surface area contributed by atoms with Gasteiger partial charge in [0.05, 0.1) is 14.2 Å². The van der Waals surface area contributed by atoms with E-state index in [0.29, 0.717) is 29.9 Å². The molecule has 8 heteroatoms. The average molecular weight is 506 g/mol. The van der Waals surface area contributed by atoms with Crippen LogP contribution in [0, 0.1) is 12.8 Å². The first-order valence-corrected chi connectivity index (χ1v) is 9.10. The van der Waals surface area contributed by atoms with Gasteiger partial charge in [0.1, 0.15) is 6.54 Å². The quantitative estimate of drug-likeness (QED) is 0.334. The van der Waals surface area contributed by atoms with Crippen LogP contribution in [0.25, 0.3) is 0 Å². The molecule has 1 amide bonds. The van der Waals surface area contributed by atoms with E-state index in [9.17, 15) is 4.79 Å². The SMILES string of the molecule is COc1cc(C)c(CN(C)C(=NCC(=O)N(C)C)NCC(C)C)cc1OC.I. The minimum atomic E-state index is -0.0328. The Balaban J connectivity index is 0.00000729. The van der Waals surface area contributed by atoms with E-state index in [4.69, 9.17) is 9.47 Å². The van der Waals surface area contributed by atoms with Crippen molar-refractivity contribution in [3.8, 4) is 11.5 Å². The van der Waals surface area contributed by atoms with Gasteiger partial charge in [-0.25, -0.2) is 4.99 Å². The summed E-state index contributed by atoms with van der Waals surface area (Å²) in [5.41, 5.74) is 2.21. The Labute approximate surface area is 186 Å². The number of amides is 1. The monoisotopic (exact) mass is 506 g/mol. The molecule has 0 radical (unpaired) electrons. The molecular formula is C20H35IN4O3. The highest BCUT2D eigenvalue weighted by atomic mass is 127. The molecule has 0 saturated carbocycles. The molecule has 0 spiro atoms. The summed E-state index contributed by atoms with van der Waals surface area (Å²) in [5.74, 6) is 2.55. The van der Waals surface area contributed by atoms with Gasteiger partial charge in [0.2, 0.25) is 5.91 Å². The molecular weight excluding hydrogens is 471 g/mol. The highest BCUT2D eigenvalue weighted by molar-refractivity contribution is 14.0. The second-order valence-electron chi connectivity index (χ2n) is 7.19. The number of hydrogen-bond acceptors (Lipinski definition) is 4. The van der Waals surface area contributed by atoms with E-state index in [1.54, 1.807) is 33.2 Å². The first kappa shape index (κ1) is 26.3. The third-order valence-electron chi connectivity index (χ3n) is 4.14. The Morgan fingerprint density at radius 2 is 1.71 bits per heavy atom. The van der Waals surface area contributed by atoms with Crippen molar-refractivity contribution < 1.29 is 14.3 Å². The molecule has 0 unspecified atom stereocenters. The number of carbonyl (C=O) groups excluding carboxylic acids is 1. The summed E-state index contributed by atoms with van der Waals surface area (Å²) in [6.07, 6.45) is 0. The molecule has 0 heterocycles. The molecule has 1 aromatic carbocycles. The fourth-order valence-electron chi connectivity index (χ4n) is 2.41. The lowest BCUT2D eigenvalue weighted by Gasteiger charge is -2.25. The van der Waals surface area contributed by atoms with Gasteiger partial charge in [-0.1, -0.05) is 13.8 Å². The number of aryl methyl sites for hydroxylation is 1. The summed E-state index contributed by atoms with van der Waals surface area (Å²) >= 11 is 0. The van der Waals surface area contributed by atoms with Crippen LogP contribution in [-0.4, -0.2) is 70.1 Å². The van der Waals surface area contributed by atoms with Crippen molar-refractivity contribution in [2.45, 2.75) is 27.3 Å². The maximum absolute atomic E-state index is 11.9. The van der Waals surface area contributed by atoms with Crippen molar-refractivity contribution in [3.63, 3.8) is 0 Å².